The Hall–Kier alpha value is -2.70. The Labute approximate surface area is 134 Å². The summed E-state index contributed by atoms with van der Waals surface area (Å²) in [6.07, 6.45) is 2.90. The molecule has 0 saturated carbocycles. The maximum Gasteiger partial charge on any atom is 0.341 e. The Morgan fingerprint density at radius 3 is 2.52 bits per heavy atom. The molecule has 2 aromatic rings. The molecule has 122 valence electrons. The lowest BCUT2D eigenvalue weighted by Gasteiger charge is -2.08. The maximum absolute atomic E-state index is 11.7. The van der Waals surface area contributed by atoms with Gasteiger partial charge in [-0.05, 0) is 31.4 Å². The molecule has 1 aromatic carbocycles. The number of hydrogen-bond acceptors (Lipinski definition) is 5. The van der Waals surface area contributed by atoms with Gasteiger partial charge in [0.1, 0.15) is 17.3 Å². The standard InChI is InChI=1S/C16H20N4O3/c1-22-11-7-10(8-12(9-11)23-2)14-13-5-3-4-6-18-15(13)20(19-14)16(17)21/h7-9,18H,3-6H2,1-2H3,(H2,17,21). The molecule has 0 spiro atoms. The van der Waals surface area contributed by atoms with Crippen molar-refractivity contribution in [1.82, 2.24) is 9.78 Å². The normalized spacial score (nSPS) is 13.7. The number of nitrogens with zero attached hydrogens (tertiary/aromatic N) is 2. The molecule has 0 fully saturated rings. The van der Waals surface area contributed by atoms with E-state index in [-0.39, 0.29) is 0 Å². The number of amides is 1. The largest absolute Gasteiger partial charge is 0.497 e. The second-order valence-corrected chi connectivity index (χ2v) is 5.41. The highest BCUT2D eigenvalue weighted by Crippen LogP contribution is 2.35. The monoisotopic (exact) mass is 316 g/mol. The van der Waals surface area contributed by atoms with Gasteiger partial charge in [0.15, 0.2) is 0 Å². The number of carbonyl (C=O) groups excluding carboxylic acids is 1. The fourth-order valence-electron chi connectivity index (χ4n) is 2.84. The van der Waals surface area contributed by atoms with Crippen LogP contribution in [-0.4, -0.2) is 36.6 Å². The highest BCUT2D eigenvalue weighted by molar-refractivity contribution is 5.83. The highest BCUT2D eigenvalue weighted by Gasteiger charge is 2.23. The average molecular weight is 316 g/mol. The van der Waals surface area contributed by atoms with Crippen LogP contribution in [0.25, 0.3) is 11.3 Å². The summed E-state index contributed by atoms with van der Waals surface area (Å²) in [5.41, 5.74) is 8.02. The Bertz CT molecular complexity index is 717. The van der Waals surface area contributed by atoms with Gasteiger partial charge in [0.05, 0.1) is 19.9 Å². The Morgan fingerprint density at radius 1 is 1.22 bits per heavy atom. The molecule has 1 aromatic heterocycles. The topological polar surface area (TPSA) is 91.4 Å². The first-order valence-electron chi connectivity index (χ1n) is 7.53. The van der Waals surface area contributed by atoms with Crippen molar-refractivity contribution in [3.8, 4) is 22.8 Å². The van der Waals surface area contributed by atoms with Crippen molar-refractivity contribution in [2.75, 3.05) is 26.1 Å². The van der Waals surface area contributed by atoms with Gasteiger partial charge in [-0.15, -0.1) is 0 Å². The van der Waals surface area contributed by atoms with E-state index in [9.17, 15) is 4.79 Å². The van der Waals surface area contributed by atoms with E-state index < -0.39 is 6.03 Å². The van der Waals surface area contributed by atoms with Gasteiger partial charge in [-0.25, -0.2) is 4.79 Å². The fourth-order valence-corrected chi connectivity index (χ4v) is 2.84. The van der Waals surface area contributed by atoms with Crippen LogP contribution in [-0.2, 0) is 6.42 Å². The van der Waals surface area contributed by atoms with E-state index in [1.807, 2.05) is 12.1 Å². The molecule has 7 heteroatoms. The van der Waals surface area contributed by atoms with Gasteiger partial charge in [0.2, 0.25) is 0 Å². The van der Waals surface area contributed by atoms with Gasteiger partial charge >= 0.3 is 6.03 Å². The zero-order valence-corrected chi connectivity index (χ0v) is 13.3. The number of rotatable bonds is 3. The van der Waals surface area contributed by atoms with Gasteiger partial charge < -0.3 is 20.5 Å². The molecule has 0 atom stereocenters. The molecule has 1 aliphatic rings. The maximum atomic E-state index is 11.7. The first-order chi connectivity index (χ1) is 11.1. The number of methoxy groups -OCH3 is 2. The summed E-state index contributed by atoms with van der Waals surface area (Å²) in [5.74, 6) is 2.03. The van der Waals surface area contributed by atoms with Gasteiger partial charge in [-0.3, -0.25) is 0 Å². The van der Waals surface area contributed by atoms with Crippen molar-refractivity contribution in [3.63, 3.8) is 0 Å². The average Bonchev–Trinajstić information content (AvgIpc) is 2.76. The van der Waals surface area contributed by atoms with E-state index in [0.717, 1.165) is 42.6 Å². The van der Waals surface area contributed by atoms with Gasteiger partial charge in [-0.2, -0.15) is 9.78 Å². The summed E-state index contributed by atoms with van der Waals surface area (Å²) >= 11 is 0. The van der Waals surface area contributed by atoms with Crippen molar-refractivity contribution in [1.29, 1.82) is 0 Å². The molecular weight excluding hydrogens is 296 g/mol. The number of anilines is 1. The SMILES string of the molecule is COc1cc(OC)cc(-c2nn(C(N)=O)c3c2CCCCN3)c1. The third-order valence-electron chi connectivity index (χ3n) is 3.96. The lowest BCUT2D eigenvalue weighted by molar-refractivity contribution is 0.248. The van der Waals surface area contributed by atoms with Crippen LogP contribution in [0.1, 0.15) is 18.4 Å². The van der Waals surface area contributed by atoms with Gasteiger partial charge in [-0.1, -0.05) is 0 Å². The molecule has 0 bridgehead atoms. The third-order valence-corrected chi connectivity index (χ3v) is 3.96. The molecular formula is C16H20N4O3. The smallest absolute Gasteiger partial charge is 0.341 e. The zero-order valence-electron chi connectivity index (χ0n) is 13.3. The van der Waals surface area contributed by atoms with E-state index in [1.54, 1.807) is 20.3 Å². The number of fused-ring (bicyclic) bond motifs is 1. The molecule has 0 radical (unpaired) electrons. The lowest BCUT2D eigenvalue weighted by atomic mass is 10.0. The van der Waals surface area contributed by atoms with E-state index in [2.05, 4.69) is 10.4 Å². The number of nitrogens with two attached hydrogens (primary N) is 1. The van der Waals surface area contributed by atoms with Crippen molar-refractivity contribution >= 4 is 11.8 Å². The molecule has 1 aliphatic heterocycles. The summed E-state index contributed by atoms with van der Waals surface area (Å²) < 4.78 is 11.9. The van der Waals surface area contributed by atoms with E-state index in [1.165, 1.54) is 4.68 Å². The van der Waals surface area contributed by atoms with Crippen LogP contribution < -0.4 is 20.5 Å². The summed E-state index contributed by atoms with van der Waals surface area (Å²) in [6, 6.07) is 4.95. The van der Waals surface area contributed by atoms with Crippen LogP contribution in [0.5, 0.6) is 11.5 Å². The molecule has 1 amide bonds. The van der Waals surface area contributed by atoms with Crippen LogP contribution in [0.3, 0.4) is 0 Å². The summed E-state index contributed by atoms with van der Waals surface area (Å²) in [7, 11) is 3.20. The number of ether oxygens (including phenoxy) is 2. The third kappa shape index (κ3) is 2.81. The summed E-state index contributed by atoms with van der Waals surface area (Å²) in [6.45, 7) is 0.798. The summed E-state index contributed by atoms with van der Waals surface area (Å²) in [4.78, 5) is 11.7. The van der Waals surface area contributed by atoms with Crippen LogP contribution in [0, 0.1) is 0 Å². The number of primary amides is 1. The molecule has 2 heterocycles. The minimum Gasteiger partial charge on any atom is -0.497 e. The van der Waals surface area contributed by atoms with Crippen LogP contribution in [0.15, 0.2) is 18.2 Å². The number of hydrogen-bond donors (Lipinski definition) is 2. The molecule has 0 saturated heterocycles. The van der Waals surface area contributed by atoms with E-state index >= 15 is 0 Å². The second kappa shape index (κ2) is 6.20. The van der Waals surface area contributed by atoms with Crippen molar-refractivity contribution in [2.45, 2.75) is 19.3 Å². The van der Waals surface area contributed by atoms with Gasteiger partial charge in [0.25, 0.3) is 0 Å². The molecule has 0 aliphatic carbocycles. The molecule has 0 unspecified atom stereocenters. The Balaban J connectivity index is 2.18. The highest BCUT2D eigenvalue weighted by atomic mass is 16.5. The Kier molecular flexibility index (Phi) is 4.10. The number of carbonyl (C=O) groups is 1. The van der Waals surface area contributed by atoms with Crippen molar-refractivity contribution in [3.05, 3.63) is 23.8 Å². The van der Waals surface area contributed by atoms with Crippen molar-refractivity contribution in [2.24, 2.45) is 5.73 Å². The number of benzene rings is 1. The lowest BCUT2D eigenvalue weighted by Crippen LogP contribution is -2.23. The zero-order chi connectivity index (χ0) is 16.4. The molecule has 3 rings (SSSR count). The fraction of sp³-hybridized carbons (Fsp3) is 0.375. The molecule has 3 N–H and O–H groups in total. The molecule has 23 heavy (non-hydrogen) atoms. The summed E-state index contributed by atoms with van der Waals surface area (Å²) in [5, 5.41) is 7.68. The quantitative estimate of drug-likeness (QED) is 0.906. The van der Waals surface area contributed by atoms with E-state index in [0.29, 0.717) is 17.3 Å². The predicted molar refractivity (Wildman–Crippen MR) is 87.2 cm³/mol. The minimum absolute atomic E-state index is 0.600. The second-order valence-electron chi connectivity index (χ2n) is 5.41. The number of nitrogens with one attached hydrogen (secondary N) is 1. The van der Waals surface area contributed by atoms with E-state index in [4.69, 9.17) is 15.2 Å². The number of aromatic nitrogens is 2. The van der Waals surface area contributed by atoms with Gasteiger partial charge in [0, 0.05) is 23.7 Å². The van der Waals surface area contributed by atoms with Crippen LogP contribution in [0.4, 0.5) is 10.6 Å². The van der Waals surface area contributed by atoms with Crippen molar-refractivity contribution < 1.29 is 14.3 Å². The first-order valence-corrected chi connectivity index (χ1v) is 7.53. The first kappa shape index (κ1) is 15.2. The van der Waals surface area contributed by atoms with Crippen LogP contribution in [0.2, 0.25) is 0 Å². The predicted octanol–water partition coefficient (Wildman–Crippen LogP) is 2.24. The minimum atomic E-state index is -0.600. The van der Waals surface area contributed by atoms with Crippen LogP contribution >= 0.6 is 0 Å². The molecule has 7 nitrogen and oxygen atoms in total. The Morgan fingerprint density at radius 2 is 1.91 bits per heavy atom.